The first-order chi connectivity index (χ1) is 9.49. The Morgan fingerprint density at radius 2 is 2.05 bits per heavy atom. The summed E-state index contributed by atoms with van der Waals surface area (Å²) in [4.78, 5) is 4.42. The van der Waals surface area contributed by atoms with Crippen LogP contribution < -0.4 is 5.32 Å². The van der Waals surface area contributed by atoms with Gasteiger partial charge < -0.3 is 10.1 Å². The van der Waals surface area contributed by atoms with Crippen LogP contribution in [0.1, 0.15) is 39.3 Å². The highest BCUT2D eigenvalue weighted by atomic mass is 16.5. The van der Waals surface area contributed by atoms with Gasteiger partial charge in [0.05, 0.1) is 23.8 Å². The van der Waals surface area contributed by atoms with Crippen molar-refractivity contribution in [1.29, 1.82) is 0 Å². The number of fused-ring (bicyclic) bond motifs is 1. The monoisotopic (exact) mass is 272 g/mol. The zero-order valence-electron chi connectivity index (χ0n) is 12.8. The van der Waals surface area contributed by atoms with E-state index in [-0.39, 0.29) is 11.6 Å². The van der Waals surface area contributed by atoms with E-state index in [0.717, 1.165) is 12.1 Å². The summed E-state index contributed by atoms with van der Waals surface area (Å²) >= 11 is 0. The molecule has 2 rings (SSSR count). The lowest BCUT2D eigenvalue weighted by atomic mass is 10.0. The van der Waals surface area contributed by atoms with E-state index in [1.807, 2.05) is 12.3 Å². The Morgan fingerprint density at radius 1 is 1.25 bits per heavy atom. The predicted octanol–water partition coefficient (Wildman–Crippen LogP) is 3.70. The lowest BCUT2D eigenvalue weighted by molar-refractivity contribution is -0.0146. The Bertz CT molecular complexity index is 560. The Labute approximate surface area is 121 Å². The third-order valence-corrected chi connectivity index (χ3v) is 3.17. The van der Waals surface area contributed by atoms with E-state index in [0.29, 0.717) is 6.61 Å². The molecule has 3 heteroatoms. The van der Waals surface area contributed by atoms with Crippen molar-refractivity contribution in [2.45, 2.75) is 39.3 Å². The number of pyridine rings is 1. The number of ether oxygens (including phenoxy) is 1. The molecule has 108 valence electrons. The van der Waals surface area contributed by atoms with Gasteiger partial charge in [-0.25, -0.2) is 0 Å². The Hall–Kier alpha value is -1.45. The fraction of sp³-hybridized carbons (Fsp3) is 0.471. The van der Waals surface area contributed by atoms with Gasteiger partial charge in [0.1, 0.15) is 0 Å². The molecule has 1 unspecified atom stereocenters. The molecule has 0 aliphatic rings. The molecular formula is C17H24N2O. The second-order valence-electron chi connectivity index (χ2n) is 5.99. The van der Waals surface area contributed by atoms with Crippen molar-refractivity contribution >= 4 is 10.9 Å². The summed E-state index contributed by atoms with van der Waals surface area (Å²) in [6.07, 6.45) is 1.83. The maximum absolute atomic E-state index is 5.93. The second kappa shape index (κ2) is 6.33. The summed E-state index contributed by atoms with van der Waals surface area (Å²) in [5, 5.41) is 4.65. The van der Waals surface area contributed by atoms with E-state index >= 15 is 0 Å². The summed E-state index contributed by atoms with van der Waals surface area (Å²) in [6.45, 7) is 9.94. The minimum atomic E-state index is -0.122. The summed E-state index contributed by atoms with van der Waals surface area (Å²) in [7, 11) is 0. The Morgan fingerprint density at radius 3 is 2.75 bits per heavy atom. The van der Waals surface area contributed by atoms with Gasteiger partial charge in [-0.05, 0) is 45.0 Å². The normalized spacial score (nSPS) is 13.6. The van der Waals surface area contributed by atoms with Crippen LogP contribution in [-0.4, -0.2) is 23.7 Å². The molecule has 1 heterocycles. The van der Waals surface area contributed by atoms with Crippen molar-refractivity contribution < 1.29 is 4.74 Å². The molecule has 0 saturated heterocycles. The second-order valence-corrected chi connectivity index (χ2v) is 5.99. The van der Waals surface area contributed by atoms with Crippen LogP contribution >= 0.6 is 0 Å². The first-order valence-corrected chi connectivity index (χ1v) is 7.21. The van der Waals surface area contributed by atoms with Gasteiger partial charge in [0.25, 0.3) is 0 Å². The molecule has 0 aliphatic heterocycles. The molecule has 2 aromatic rings. The van der Waals surface area contributed by atoms with Crippen LogP contribution in [0, 0.1) is 0 Å². The van der Waals surface area contributed by atoms with E-state index in [9.17, 15) is 0 Å². The smallest absolute Gasteiger partial charge is 0.0705 e. The van der Waals surface area contributed by atoms with Crippen LogP contribution in [0.25, 0.3) is 10.9 Å². The van der Waals surface area contributed by atoms with Crippen molar-refractivity contribution in [2.75, 3.05) is 13.2 Å². The van der Waals surface area contributed by atoms with Gasteiger partial charge in [0.15, 0.2) is 0 Å². The average molecular weight is 272 g/mol. The van der Waals surface area contributed by atoms with Crippen molar-refractivity contribution in [3.05, 3.63) is 42.1 Å². The van der Waals surface area contributed by atoms with E-state index < -0.39 is 0 Å². The summed E-state index contributed by atoms with van der Waals surface area (Å²) < 4.78 is 5.93. The average Bonchev–Trinajstić information content (AvgIpc) is 2.42. The molecule has 1 aromatic heterocycles. The Kier molecular flexibility index (Phi) is 4.73. The van der Waals surface area contributed by atoms with Gasteiger partial charge in [0, 0.05) is 11.6 Å². The highest BCUT2D eigenvalue weighted by Crippen LogP contribution is 2.21. The third kappa shape index (κ3) is 4.02. The van der Waals surface area contributed by atoms with Gasteiger partial charge in [0.2, 0.25) is 0 Å². The van der Waals surface area contributed by atoms with Crippen molar-refractivity contribution in [2.24, 2.45) is 0 Å². The molecule has 0 radical (unpaired) electrons. The number of hydrogen-bond acceptors (Lipinski definition) is 3. The first kappa shape index (κ1) is 14.9. The summed E-state index contributed by atoms with van der Waals surface area (Å²) in [5.41, 5.74) is 2.13. The number of hydrogen-bond donors (Lipinski definition) is 1. The molecule has 0 aliphatic carbocycles. The predicted molar refractivity (Wildman–Crippen MR) is 83.9 cm³/mol. The molecule has 0 saturated carbocycles. The van der Waals surface area contributed by atoms with Crippen LogP contribution in [0.4, 0.5) is 0 Å². The first-order valence-electron chi connectivity index (χ1n) is 7.21. The number of aromatic nitrogens is 1. The number of nitrogens with zero attached hydrogens (tertiary/aromatic N) is 1. The van der Waals surface area contributed by atoms with Crippen LogP contribution in [0.2, 0.25) is 0 Å². The van der Waals surface area contributed by atoms with Crippen LogP contribution in [0.3, 0.4) is 0 Å². The van der Waals surface area contributed by atoms with Gasteiger partial charge in [-0.15, -0.1) is 0 Å². The quantitative estimate of drug-likeness (QED) is 0.901. The maximum Gasteiger partial charge on any atom is 0.0705 e. The van der Waals surface area contributed by atoms with Crippen LogP contribution in [0.5, 0.6) is 0 Å². The lowest BCUT2D eigenvalue weighted by Crippen LogP contribution is -2.30. The zero-order chi connectivity index (χ0) is 14.6. The van der Waals surface area contributed by atoms with Crippen molar-refractivity contribution in [1.82, 2.24) is 10.3 Å². The van der Waals surface area contributed by atoms with Crippen molar-refractivity contribution in [3.63, 3.8) is 0 Å². The molecule has 0 spiro atoms. The van der Waals surface area contributed by atoms with E-state index in [1.54, 1.807) is 0 Å². The van der Waals surface area contributed by atoms with Gasteiger partial charge >= 0.3 is 0 Å². The molecule has 0 bridgehead atoms. The highest BCUT2D eigenvalue weighted by Gasteiger charge is 2.16. The minimum Gasteiger partial charge on any atom is -0.374 e. The molecule has 0 amide bonds. The summed E-state index contributed by atoms with van der Waals surface area (Å²) in [6, 6.07) is 10.7. The van der Waals surface area contributed by atoms with Gasteiger partial charge in [-0.1, -0.05) is 25.1 Å². The Balaban J connectivity index is 2.21. The lowest BCUT2D eigenvalue weighted by Gasteiger charge is -2.25. The largest absolute Gasteiger partial charge is 0.374 e. The number of nitrogens with one attached hydrogen (secondary N) is 1. The third-order valence-electron chi connectivity index (χ3n) is 3.17. The molecule has 20 heavy (non-hydrogen) atoms. The van der Waals surface area contributed by atoms with Crippen LogP contribution in [0.15, 0.2) is 36.5 Å². The number of benzene rings is 1. The molecule has 1 aromatic carbocycles. The number of likely N-dealkylation sites (N-methyl/N-ethyl adjacent to an activating group) is 1. The highest BCUT2D eigenvalue weighted by molar-refractivity contribution is 5.78. The summed E-state index contributed by atoms with van der Waals surface area (Å²) in [5.74, 6) is 0. The van der Waals surface area contributed by atoms with Crippen molar-refractivity contribution in [3.8, 4) is 0 Å². The van der Waals surface area contributed by atoms with E-state index in [1.165, 1.54) is 10.9 Å². The fourth-order valence-corrected chi connectivity index (χ4v) is 2.15. The molecule has 1 atom stereocenters. The SMILES string of the molecule is CCNC(COC(C)(C)C)c1ccc2cccnc2c1. The molecular weight excluding hydrogens is 248 g/mol. The fourth-order valence-electron chi connectivity index (χ4n) is 2.15. The van der Waals surface area contributed by atoms with Gasteiger partial charge in [-0.3, -0.25) is 4.98 Å². The topological polar surface area (TPSA) is 34.1 Å². The maximum atomic E-state index is 5.93. The number of rotatable bonds is 5. The molecule has 1 N–H and O–H groups in total. The molecule has 0 fully saturated rings. The molecule has 3 nitrogen and oxygen atoms in total. The van der Waals surface area contributed by atoms with E-state index in [4.69, 9.17) is 4.74 Å². The standard InChI is InChI=1S/C17H24N2O/c1-5-18-16(12-20-17(2,3)4)14-9-8-13-7-6-10-19-15(13)11-14/h6-11,16,18H,5,12H2,1-4H3. The van der Waals surface area contributed by atoms with Gasteiger partial charge in [-0.2, -0.15) is 0 Å². The van der Waals surface area contributed by atoms with E-state index in [2.05, 4.69) is 62.3 Å². The minimum absolute atomic E-state index is 0.122. The van der Waals surface area contributed by atoms with Crippen LogP contribution in [-0.2, 0) is 4.74 Å². The zero-order valence-corrected chi connectivity index (χ0v) is 12.8.